The number of hydrogen-bond donors (Lipinski definition) is 2. The maximum absolute atomic E-state index is 12.6. The fourth-order valence-corrected chi connectivity index (χ4v) is 7.23. The molecule has 4 aliphatic rings. The van der Waals surface area contributed by atoms with Gasteiger partial charge >= 0.3 is 12.0 Å². The Hall–Kier alpha value is -1.11. The highest BCUT2D eigenvalue weighted by Crippen LogP contribution is 2.65. The Balaban J connectivity index is 1.65. The number of alkyl halides is 1. The van der Waals surface area contributed by atoms with Gasteiger partial charge in [-0.3, -0.25) is 14.9 Å². The number of ether oxygens (including phenoxy) is 1. The maximum Gasteiger partial charge on any atom is 0.318 e. The summed E-state index contributed by atoms with van der Waals surface area (Å²) in [5, 5.41) is 2.01. The van der Waals surface area contributed by atoms with Gasteiger partial charge in [0.2, 0.25) is 0 Å². The predicted molar refractivity (Wildman–Crippen MR) is 95.8 cm³/mol. The highest BCUT2D eigenvalue weighted by molar-refractivity contribution is 9.10. The number of esters is 1. The lowest BCUT2D eigenvalue weighted by Gasteiger charge is -2.60. The summed E-state index contributed by atoms with van der Waals surface area (Å²) in [7, 11) is 0. The Labute approximate surface area is 156 Å². The zero-order chi connectivity index (χ0) is 18.4. The van der Waals surface area contributed by atoms with Crippen LogP contribution in [0.3, 0.4) is 0 Å². The molecule has 0 aromatic carbocycles. The average molecular weight is 415 g/mol. The molecule has 25 heavy (non-hydrogen) atoms. The summed E-state index contributed by atoms with van der Waals surface area (Å²) in [6.07, 6.45) is 6.19. The zero-order valence-electron chi connectivity index (χ0n) is 14.8. The third kappa shape index (κ3) is 4.01. The molecule has 0 unspecified atom stereocenters. The van der Waals surface area contributed by atoms with Crippen LogP contribution in [-0.2, 0) is 14.3 Å². The van der Waals surface area contributed by atoms with Crippen molar-refractivity contribution < 1.29 is 19.1 Å². The van der Waals surface area contributed by atoms with Gasteiger partial charge in [0.25, 0.3) is 5.91 Å². The van der Waals surface area contributed by atoms with E-state index in [0.29, 0.717) is 18.3 Å². The molecule has 0 aromatic heterocycles. The quantitative estimate of drug-likeness (QED) is 0.533. The molecule has 3 N–H and O–H groups in total. The zero-order valence-corrected chi connectivity index (χ0v) is 16.4. The fourth-order valence-electron chi connectivity index (χ4n) is 5.72. The van der Waals surface area contributed by atoms with E-state index in [-0.39, 0.29) is 21.6 Å². The van der Waals surface area contributed by atoms with Gasteiger partial charge in [0, 0.05) is 4.32 Å². The largest absolute Gasteiger partial charge is 0.452 e. The van der Waals surface area contributed by atoms with Crippen molar-refractivity contribution in [2.45, 2.75) is 69.2 Å². The van der Waals surface area contributed by atoms with Crippen LogP contribution in [-0.4, -0.2) is 28.3 Å². The molecule has 4 rings (SSSR count). The number of hydrogen-bond acceptors (Lipinski definition) is 4. The van der Waals surface area contributed by atoms with Crippen LogP contribution in [0.15, 0.2) is 0 Å². The van der Waals surface area contributed by atoms with Crippen LogP contribution in [0.5, 0.6) is 0 Å². The lowest BCUT2D eigenvalue weighted by molar-refractivity contribution is -0.163. The standard InChI is InChI=1S/C18H27BrN2O4/c1-10(2)14(15(23)21-16(20)24)25-13(22)8-17-4-11-3-12(5-17)7-18(19,6-11)9-17/h10-12,14H,3-9H2,1-2H3,(H3,20,21,23,24)/t11-,12-,14-,17?,18?/m0/s1. The number of primary amides is 1. The van der Waals surface area contributed by atoms with Gasteiger partial charge in [-0.25, -0.2) is 4.79 Å². The maximum atomic E-state index is 12.6. The molecule has 0 spiro atoms. The van der Waals surface area contributed by atoms with Gasteiger partial charge in [-0.05, 0) is 61.7 Å². The molecule has 140 valence electrons. The summed E-state index contributed by atoms with van der Waals surface area (Å²) in [5.41, 5.74) is 4.99. The van der Waals surface area contributed by atoms with Gasteiger partial charge in [0.1, 0.15) is 0 Å². The normalized spacial score (nSPS) is 37.0. The summed E-state index contributed by atoms with van der Waals surface area (Å²) in [6.45, 7) is 3.55. The van der Waals surface area contributed by atoms with Gasteiger partial charge in [-0.2, -0.15) is 0 Å². The Morgan fingerprint density at radius 2 is 1.80 bits per heavy atom. The lowest BCUT2D eigenvalue weighted by Crippen LogP contribution is -2.53. The van der Waals surface area contributed by atoms with Gasteiger partial charge in [-0.1, -0.05) is 29.8 Å². The number of nitrogens with two attached hydrogens (primary N) is 1. The second kappa shape index (κ2) is 6.56. The highest BCUT2D eigenvalue weighted by atomic mass is 79.9. The highest BCUT2D eigenvalue weighted by Gasteiger charge is 2.57. The van der Waals surface area contributed by atoms with Crippen LogP contribution in [0.2, 0.25) is 0 Å². The van der Waals surface area contributed by atoms with Crippen LogP contribution in [0, 0.1) is 23.2 Å². The topological polar surface area (TPSA) is 98.5 Å². The van der Waals surface area contributed by atoms with Crippen molar-refractivity contribution in [1.29, 1.82) is 0 Å². The van der Waals surface area contributed by atoms with Crippen molar-refractivity contribution >= 4 is 33.8 Å². The van der Waals surface area contributed by atoms with Crippen LogP contribution in [0.4, 0.5) is 4.79 Å². The molecule has 0 radical (unpaired) electrons. The molecular formula is C18H27BrN2O4. The first-order chi connectivity index (χ1) is 11.6. The fraction of sp³-hybridized carbons (Fsp3) is 0.833. The molecule has 0 aliphatic heterocycles. The SMILES string of the molecule is CC(C)[C@H](OC(=O)CC12C[C@@H]3C[C@H](CC(Br)(C3)C1)C2)C(=O)NC(N)=O. The van der Waals surface area contributed by atoms with E-state index < -0.39 is 18.0 Å². The van der Waals surface area contributed by atoms with Crippen molar-refractivity contribution in [3.8, 4) is 0 Å². The third-order valence-electron chi connectivity index (χ3n) is 6.00. The van der Waals surface area contributed by atoms with E-state index in [1.54, 1.807) is 13.8 Å². The average Bonchev–Trinajstić information content (AvgIpc) is 2.40. The number of halogens is 1. The van der Waals surface area contributed by atoms with Gasteiger partial charge < -0.3 is 10.5 Å². The van der Waals surface area contributed by atoms with Crippen LogP contribution >= 0.6 is 15.9 Å². The molecule has 4 bridgehead atoms. The minimum atomic E-state index is -0.994. The predicted octanol–water partition coefficient (Wildman–Crippen LogP) is 2.87. The lowest BCUT2D eigenvalue weighted by atomic mass is 9.49. The van der Waals surface area contributed by atoms with Crippen molar-refractivity contribution in [3.05, 3.63) is 0 Å². The van der Waals surface area contributed by atoms with E-state index in [9.17, 15) is 14.4 Å². The van der Waals surface area contributed by atoms with E-state index in [0.717, 1.165) is 19.3 Å². The molecule has 0 saturated heterocycles. The summed E-state index contributed by atoms with van der Waals surface area (Å²) in [4.78, 5) is 35.6. The first-order valence-corrected chi connectivity index (χ1v) is 9.88. The van der Waals surface area contributed by atoms with E-state index in [4.69, 9.17) is 10.5 Å². The molecule has 0 aromatic rings. The molecule has 0 heterocycles. The minimum absolute atomic E-state index is 0.00758. The molecule has 4 saturated carbocycles. The second-order valence-electron chi connectivity index (χ2n) is 8.80. The molecule has 6 nitrogen and oxygen atoms in total. The molecule has 3 atom stereocenters. The van der Waals surface area contributed by atoms with E-state index in [2.05, 4.69) is 15.9 Å². The monoisotopic (exact) mass is 414 g/mol. The molecular weight excluding hydrogens is 388 g/mol. The van der Waals surface area contributed by atoms with Gasteiger partial charge in [0.05, 0.1) is 6.42 Å². The van der Waals surface area contributed by atoms with Crippen LogP contribution < -0.4 is 11.1 Å². The summed E-state index contributed by atoms with van der Waals surface area (Å²) in [6, 6.07) is -0.936. The molecule has 4 fully saturated rings. The number of amides is 3. The first-order valence-electron chi connectivity index (χ1n) is 9.08. The Kier molecular flexibility index (Phi) is 4.90. The minimum Gasteiger partial charge on any atom is -0.452 e. The van der Waals surface area contributed by atoms with Gasteiger partial charge in [-0.15, -0.1) is 0 Å². The van der Waals surface area contributed by atoms with Crippen LogP contribution in [0.1, 0.15) is 58.8 Å². The third-order valence-corrected chi connectivity index (χ3v) is 6.93. The van der Waals surface area contributed by atoms with E-state index >= 15 is 0 Å². The number of imide groups is 1. The van der Waals surface area contributed by atoms with Crippen molar-refractivity contribution in [1.82, 2.24) is 5.32 Å². The number of nitrogens with one attached hydrogen (secondary N) is 1. The first kappa shape index (κ1) is 18.7. The summed E-state index contributed by atoms with van der Waals surface area (Å²) in [5.74, 6) is 0.136. The van der Waals surface area contributed by atoms with Crippen molar-refractivity contribution in [2.24, 2.45) is 28.9 Å². The van der Waals surface area contributed by atoms with Crippen LogP contribution in [0.25, 0.3) is 0 Å². The molecule has 4 aliphatic carbocycles. The second-order valence-corrected chi connectivity index (χ2v) is 10.5. The summed E-state index contributed by atoms with van der Waals surface area (Å²) < 4.78 is 5.65. The molecule has 7 heteroatoms. The van der Waals surface area contributed by atoms with Crippen molar-refractivity contribution in [3.63, 3.8) is 0 Å². The Bertz CT molecular complexity index is 578. The number of carbonyl (C=O) groups excluding carboxylic acids is 3. The number of rotatable bonds is 5. The van der Waals surface area contributed by atoms with Gasteiger partial charge in [0.15, 0.2) is 6.10 Å². The molecule has 3 amide bonds. The Morgan fingerprint density at radius 3 is 2.28 bits per heavy atom. The number of carbonyl (C=O) groups is 3. The smallest absolute Gasteiger partial charge is 0.318 e. The van der Waals surface area contributed by atoms with E-state index in [1.807, 2.05) is 5.32 Å². The van der Waals surface area contributed by atoms with Crippen molar-refractivity contribution in [2.75, 3.05) is 0 Å². The summed E-state index contributed by atoms with van der Waals surface area (Å²) >= 11 is 3.94. The Morgan fingerprint density at radius 1 is 1.20 bits per heavy atom. The van der Waals surface area contributed by atoms with E-state index in [1.165, 1.54) is 19.3 Å². The number of urea groups is 1.